The largest absolute Gasteiger partial charge is 0.381 e. The lowest BCUT2D eigenvalue weighted by Gasteiger charge is -2.12. The first-order valence-electron chi connectivity index (χ1n) is 6.40. The first kappa shape index (κ1) is 12.8. The number of pyridine rings is 1. The highest BCUT2D eigenvalue weighted by molar-refractivity contribution is 5.56. The monoisotopic (exact) mass is 245 g/mol. The van der Waals surface area contributed by atoms with Gasteiger partial charge in [0.15, 0.2) is 0 Å². The molecule has 0 amide bonds. The van der Waals surface area contributed by atoms with E-state index in [4.69, 9.17) is 10.00 Å². The quantitative estimate of drug-likeness (QED) is 0.885. The van der Waals surface area contributed by atoms with Crippen molar-refractivity contribution in [3.05, 3.63) is 22.9 Å². The predicted octanol–water partition coefficient (Wildman–Crippen LogP) is 2.41. The van der Waals surface area contributed by atoms with Gasteiger partial charge in [-0.15, -0.1) is 0 Å². The van der Waals surface area contributed by atoms with Gasteiger partial charge >= 0.3 is 0 Å². The van der Waals surface area contributed by atoms with E-state index in [-0.39, 0.29) is 0 Å². The van der Waals surface area contributed by atoms with E-state index >= 15 is 0 Å². The molecule has 96 valence electrons. The normalized spacial score (nSPS) is 18.6. The van der Waals surface area contributed by atoms with Gasteiger partial charge in [-0.2, -0.15) is 5.26 Å². The highest BCUT2D eigenvalue weighted by atomic mass is 16.5. The van der Waals surface area contributed by atoms with E-state index in [2.05, 4.69) is 16.4 Å². The van der Waals surface area contributed by atoms with Crippen LogP contribution in [0.5, 0.6) is 0 Å². The Hall–Kier alpha value is -1.60. The van der Waals surface area contributed by atoms with Gasteiger partial charge in [0.25, 0.3) is 0 Å². The summed E-state index contributed by atoms with van der Waals surface area (Å²) in [5.74, 6) is 1.36. The van der Waals surface area contributed by atoms with Crippen molar-refractivity contribution in [2.24, 2.45) is 5.92 Å². The summed E-state index contributed by atoms with van der Waals surface area (Å²) in [4.78, 5) is 4.40. The van der Waals surface area contributed by atoms with E-state index in [9.17, 15) is 0 Å². The van der Waals surface area contributed by atoms with Gasteiger partial charge in [0.05, 0.1) is 5.56 Å². The Balaban J connectivity index is 1.97. The fourth-order valence-corrected chi connectivity index (χ4v) is 2.31. The Labute approximate surface area is 108 Å². The van der Waals surface area contributed by atoms with Crippen molar-refractivity contribution < 1.29 is 4.74 Å². The Morgan fingerprint density at radius 3 is 3.06 bits per heavy atom. The minimum atomic E-state index is 0.647. The van der Waals surface area contributed by atoms with Gasteiger partial charge in [-0.1, -0.05) is 0 Å². The van der Waals surface area contributed by atoms with Crippen LogP contribution in [0.4, 0.5) is 5.82 Å². The molecule has 1 N–H and O–H groups in total. The molecule has 1 fully saturated rings. The maximum absolute atomic E-state index is 9.15. The Kier molecular flexibility index (Phi) is 4.16. The second-order valence-electron chi connectivity index (χ2n) is 4.86. The van der Waals surface area contributed by atoms with Crippen LogP contribution in [-0.2, 0) is 4.74 Å². The number of anilines is 1. The summed E-state index contributed by atoms with van der Waals surface area (Å²) in [5.41, 5.74) is 2.58. The Bertz CT molecular complexity index is 459. The molecule has 1 aromatic rings. The number of aromatic nitrogens is 1. The van der Waals surface area contributed by atoms with Crippen LogP contribution in [0.25, 0.3) is 0 Å². The minimum Gasteiger partial charge on any atom is -0.381 e. The Morgan fingerprint density at radius 2 is 2.39 bits per heavy atom. The molecule has 1 atom stereocenters. The number of nitrogens with zero attached hydrogens (tertiary/aromatic N) is 2. The van der Waals surface area contributed by atoms with Crippen LogP contribution in [0, 0.1) is 31.1 Å². The second kappa shape index (κ2) is 5.83. The van der Waals surface area contributed by atoms with Gasteiger partial charge < -0.3 is 10.1 Å². The van der Waals surface area contributed by atoms with Crippen LogP contribution >= 0.6 is 0 Å². The third-order valence-electron chi connectivity index (χ3n) is 3.33. The molecule has 1 aliphatic rings. The van der Waals surface area contributed by atoms with Crippen molar-refractivity contribution in [1.82, 2.24) is 4.98 Å². The molecule has 1 aliphatic heterocycles. The van der Waals surface area contributed by atoms with Gasteiger partial charge in [0.1, 0.15) is 11.9 Å². The van der Waals surface area contributed by atoms with Crippen molar-refractivity contribution in [2.75, 3.05) is 25.1 Å². The van der Waals surface area contributed by atoms with Crippen molar-refractivity contribution in [1.29, 1.82) is 5.26 Å². The lowest BCUT2D eigenvalue weighted by molar-refractivity contribution is 0.185. The van der Waals surface area contributed by atoms with Crippen LogP contribution in [-0.4, -0.2) is 24.7 Å². The summed E-state index contributed by atoms with van der Waals surface area (Å²) in [6.07, 6.45) is 2.21. The molecule has 1 saturated heterocycles. The molecular formula is C14H19N3O. The SMILES string of the molecule is Cc1cc(C)c(C#N)c(NCCC2CCOC2)n1. The molecule has 0 spiro atoms. The molecule has 4 nitrogen and oxygen atoms in total. The minimum absolute atomic E-state index is 0.647. The van der Waals surface area contributed by atoms with E-state index in [0.717, 1.165) is 43.9 Å². The summed E-state index contributed by atoms with van der Waals surface area (Å²) >= 11 is 0. The molecule has 4 heteroatoms. The van der Waals surface area contributed by atoms with Crippen molar-refractivity contribution in [3.8, 4) is 6.07 Å². The number of nitrogens with one attached hydrogen (secondary N) is 1. The number of aryl methyl sites for hydroxylation is 2. The van der Waals surface area contributed by atoms with E-state index in [1.165, 1.54) is 0 Å². The summed E-state index contributed by atoms with van der Waals surface area (Å²) in [7, 11) is 0. The average Bonchev–Trinajstić information content (AvgIpc) is 2.81. The number of ether oxygens (including phenoxy) is 1. The molecule has 1 aromatic heterocycles. The van der Waals surface area contributed by atoms with E-state index in [1.807, 2.05) is 19.9 Å². The molecule has 0 bridgehead atoms. The molecule has 2 heterocycles. The molecule has 0 aromatic carbocycles. The van der Waals surface area contributed by atoms with Gasteiger partial charge in [-0.25, -0.2) is 4.98 Å². The second-order valence-corrected chi connectivity index (χ2v) is 4.86. The molecule has 0 saturated carbocycles. The number of nitriles is 1. The fraction of sp³-hybridized carbons (Fsp3) is 0.571. The first-order chi connectivity index (χ1) is 8.70. The fourth-order valence-electron chi connectivity index (χ4n) is 2.31. The van der Waals surface area contributed by atoms with E-state index < -0.39 is 0 Å². The lowest BCUT2D eigenvalue weighted by Crippen LogP contribution is -2.11. The molecule has 0 radical (unpaired) electrons. The van der Waals surface area contributed by atoms with Crippen LogP contribution in [0.1, 0.15) is 29.7 Å². The summed E-state index contributed by atoms with van der Waals surface area (Å²) in [6.45, 7) is 6.49. The topological polar surface area (TPSA) is 57.9 Å². The van der Waals surface area contributed by atoms with Crippen LogP contribution in [0.2, 0.25) is 0 Å². The summed E-state index contributed by atoms with van der Waals surface area (Å²) < 4.78 is 5.35. The highest BCUT2D eigenvalue weighted by Gasteiger charge is 2.15. The first-order valence-corrected chi connectivity index (χ1v) is 6.40. The zero-order valence-corrected chi connectivity index (χ0v) is 11.0. The molecule has 1 unspecified atom stereocenters. The van der Waals surface area contributed by atoms with Crippen LogP contribution < -0.4 is 5.32 Å². The molecule has 2 rings (SSSR count). The predicted molar refractivity (Wildman–Crippen MR) is 70.5 cm³/mol. The number of rotatable bonds is 4. The van der Waals surface area contributed by atoms with Gasteiger partial charge in [0, 0.05) is 25.5 Å². The zero-order chi connectivity index (χ0) is 13.0. The van der Waals surface area contributed by atoms with Crippen molar-refractivity contribution in [2.45, 2.75) is 26.7 Å². The molecule has 18 heavy (non-hydrogen) atoms. The van der Waals surface area contributed by atoms with Crippen LogP contribution in [0.15, 0.2) is 6.07 Å². The third kappa shape index (κ3) is 2.99. The summed E-state index contributed by atoms with van der Waals surface area (Å²) in [6, 6.07) is 4.16. The Morgan fingerprint density at radius 1 is 1.56 bits per heavy atom. The van der Waals surface area contributed by atoms with Gasteiger partial charge in [0.2, 0.25) is 0 Å². The molecule has 0 aliphatic carbocycles. The van der Waals surface area contributed by atoms with Gasteiger partial charge in [-0.3, -0.25) is 0 Å². The number of hydrogen-bond donors (Lipinski definition) is 1. The standard InChI is InChI=1S/C14H19N3O/c1-10-7-11(2)17-14(13(10)8-15)16-5-3-12-4-6-18-9-12/h7,12H,3-6,9H2,1-2H3,(H,16,17). The lowest BCUT2D eigenvalue weighted by atomic mass is 10.1. The van der Waals surface area contributed by atoms with Crippen LogP contribution in [0.3, 0.4) is 0 Å². The van der Waals surface area contributed by atoms with E-state index in [1.54, 1.807) is 0 Å². The van der Waals surface area contributed by atoms with E-state index in [0.29, 0.717) is 17.3 Å². The zero-order valence-electron chi connectivity index (χ0n) is 11.0. The van der Waals surface area contributed by atoms with Crippen molar-refractivity contribution >= 4 is 5.82 Å². The molecular weight excluding hydrogens is 226 g/mol. The number of hydrogen-bond acceptors (Lipinski definition) is 4. The summed E-state index contributed by atoms with van der Waals surface area (Å²) in [5, 5.41) is 12.4. The van der Waals surface area contributed by atoms with Gasteiger partial charge in [-0.05, 0) is 44.2 Å². The van der Waals surface area contributed by atoms with Crippen molar-refractivity contribution in [3.63, 3.8) is 0 Å². The highest BCUT2D eigenvalue weighted by Crippen LogP contribution is 2.19. The maximum Gasteiger partial charge on any atom is 0.144 e. The maximum atomic E-state index is 9.15. The smallest absolute Gasteiger partial charge is 0.144 e. The third-order valence-corrected chi connectivity index (χ3v) is 3.33. The average molecular weight is 245 g/mol.